The summed E-state index contributed by atoms with van der Waals surface area (Å²) in [7, 11) is 0. The maximum Gasteiger partial charge on any atom is 0.261 e. The zero-order valence-corrected chi connectivity index (χ0v) is 18.0. The minimum atomic E-state index is -0.333. The van der Waals surface area contributed by atoms with E-state index in [4.69, 9.17) is 17.0 Å². The van der Waals surface area contributed by atoms with Crippen LogP contribution < -0.4 is 15.4 Å². The quantitative estimate of drug-likeness (QED) is 0.513. The van der Waals surface area contributed by atoms with Crippen LogP contribution in [0.5, 0.6) is 5.75 Å². The maximum absolute atomic E-state index is 12.6. The topological polar surface area (TPSA) is 70.7 Å². The second kappa shape index (κ2) is 10.7. The van der Waals surface area contributed by atoms with Gasteiger partial charge >= 0.3 is 0 Å². The second-order valence-electron chi connectivity index (χ2n) is 7.18. The zero-order valence-electron chi connectivity index (χ0n) is 17.1. The van der Waals surface area contributed by atoms with Crippen molar-refractivity contribution in [3.8, 4) is 5.75 Å². The number of amides is 2. The highest BCUT2D eigenvalue weighted by atomic mass is 32.1. The lowest BCUT2D eigenvalue weighted by atomic mass is 10.2. The first-order valence-electron chi connectivity index (χ1n) is 10.3. The summed E-state index contributed by atoms with van der Waals surface area (Å²) < 4.78 is 5.72. The third kappa shape index (κ3) is 5.79. The standard InChI is InChI=1S/C23H27N3O3S/c1-2-3-16-29-20-9-5-4-8-19(20)21(27)25-23(30)24-18-12-10-17(11-13-18)22(28)26-14-6-7-15-26/h4-5,8-13H,2-3,6-7,14-16H2,1H3,(H2,24,25,27,30). The van der Waals surface area contributed by atoms with Gasteiger partial charge in [0.25, 0.3) is 11.8 Å². The van der Waals surface area contributed by atoms with Crippen LogP contribution in [-0.4, -0.2) is 41.5 Å². The molecule has 2 aromatic carbocycles. The van der Waals surface area contributed by atoms with Crippen molar-refractivity contribution in [1.29, 1.82) is 0 Å². The van der Waals surface area contributed by atoms with E-state index < -0.39 is 0 Å². The van der Waals surface area contributed by atoms with Gasteiger partial charge in [0.15, 0.2) is 5.11 Å². The number of nitrogens with one attached hydrogen (secondary N) is 2. The number of carbonyl (C=O) groups is 2. The van der Waals surface area contributed by atoms with E-state index in [1.54, 1.807) is 42.5 Å². The predicted octanol–water partition coefficient (Wildman–Crippen LogP) is 4.23. The molecule has 1 saturated heterocycles. The van der Waals surface area contributed by atoms with Gasteiger partial charge in [-0.1, -0.05) is 25.5 Å². The molecule has 3 rings (SSSR count). The Morgan fingerprint density at radius 2 is 1.77 bits per heavy atom. The van der Waals surface area contributed by atoms with Gasteiger partial charge in [-0.25, -0.2) is 0 Å². The van der Waals surface area contributed by atoms with E-state index in [0.29, 0.717) is 29.2 Å². The summed E-state index contributed by atoms with van der Waals surface area (Å²) in [5.41, 5.74) is 1.78. The molecule has 0 unspecified atom stereocenters. The second-order valence-corrected chi connectivity index (χ2v) is 7.59. The fourth-order valence-corrected chi connectivity index (χ4v) is 3.45. The number of para-hydroxylation sites is 1. The number of anilines is 1. The molecule has 1 aliphatic rings. The SMILES string of the molecule is CCCCOc1ccccc1C(=O)NC(=S)Nc1ccc(C(=O)N2CCCC2)cc1. The smallest absolute Gasteiger partial charge is 0.261 e. The Balaban J connectivity index is 1.56. The average Bonchev–Trinajstić information content (AvgIpc) is 3.29. The van der Waals surface area contributed by atoms with E-state index in [2.05, 4.69) is 17.6 Å². The molecule has 0 saturated carbocycles. The van der Waals surface area contributed by atoms with Gasteiger partial charge in [0.1, 0.15) is 5.75 Å². The number of likely N-dealkylation sites (tertiary alicyclic amines) is 1. The molecule has 0 aromatic heterocycles. The minimum Gasteiger partial charge on any atom is -0.493 e. The van der Waals surface area contributed by atoms with E-state index >= 15 is 0 Å². The number of thiocarbonyl (C=S) groups is 1. The summed E-state index contributed by atoms with van der Waals surface area (Å²) >= 11 is 5.27. The molecule has 2 aromatic rings. The Kier molecular flexibility index (Phi) is 7.79. The Labute approximate surface area is 182 Å². The lowest BCUT2D eigenvalue weighted by molar-refractivity contribution is 0.0792. The summed E-state index contributed by atoms with van der Waals surface area (Å²) in [6.45, 7) is 4.28. The fourth-order valence-electron chi connectivity index (χ4n) is 3.24. The minimum absolute atomic E-state index is 0.0506. The molecule has 2 N–H and O–H groups in total. The van der Waals surface area contributed by atoms with Gasteiger partial charge < -0.3 is 15.0 Å². The number of hydrogen-bond donors (Lipinski definition) is 2. The van der Waals surface area contributed by atoms with Crippen LogP contribution in [-0.2, 0) is 0 Å². The number of nitrogens with zero attached hydrogens (tertiary/aromatic N) is 1. The van der Waals surface area contributed by atoms with Gasteiger partial charge in [-0.3, -0.25) is 14.9 Å². The third-order valence-electron chi connectivity index (χ3n) is 4.90. The molecule has 158 valence electrons. The Bertz CT molecular complexity index is 893. The van der Waals surface area contributed by atoms with Gasteiger partial charge in [-0.15, -0.1) is 0 Å². The van der Waals surface area contributed by atoms with E-state index in [1.165, 1.54) is 0 Å². The Hall–Kier alpha value is -2.93. The summed E-state index contributed by atoms with van der Waals surface area (Å²) in [5, 5.41) is 5.85. The number of benzene rings is 2. The molecule has 0 atom stereocenters. The van der Waals surface area contributed by atoms with E-state index in [1.807, 2.05) is 11.0 Å². The van der Waals surface area contributed by atoms with Gasteiger partial charge in [-0.05, 0) is 67.9 Å². The molecule has 1 fully saturated rings. The third-order valence-corrected chi connectivity index (χ3v) is 5.10. The molecular weight excluding hydrogens is 398 g/mol. The van der Waals surface area contributed by atoms with Crippen molar-refractivity contribution in [2.45, 2.75) is 32.6 Å². The maximum atomic E-state index is 12.6. The van der Waals surface area contributed by atoms with Crippen molar-refractivity contribution < 1.29 is 14.3 Å². The van der Waals surface area contributed by atoms with Crippen molar-refractivity contribution in [3.63, 3.8) is 0 Å². The normalized spacial score (nSPS) is 13.0. The predicted molar refractivity (Wildman–Crippen MR) is 122 cm³/mol. The molecule has 0 bridgehead atoms. The van der Waals surface area contributed by atoms with Gasteiger partial charge in [0, 0.05) is 24.3 Å². The summed E-state index contributed by atoms with van der Waals surface area (Å²) in [5.74, 6) is 0.256. The number of carbonyl (C=O) groups excluding carboxylic acids is 2. The first-order chi connectivity index (χ1) is 14.6. The lowest BCUT2D eigenvalue weighted by Gasteiger charge is -2.16. The van der Waals surface area contributed by atoms with Crippen LogP contribution in [0.4, 0.5) is 5.69 Å². The highest BCUT2D eigenvalue weighted by molar-refractivity contribution is 7.80. The molecule has 0 spiro atoms. The first-order valence-corrected chi connectivity index (χ1v) is 10.7. The van der Waals surface area contributed by atoms with Crippen LogP contribution in [0.25, 0.3) is 0 Å². The number of rotatable bonds is 7. The number of unbranched alkanes of at least 4 members (excludes halogenated alkanes) is 1. The van der Waals surface area contributed by atoms with Crippen LogP contribution in [0, 0.1) is 0 Å². The molecule has 0 aliphatic carbocycles. The van der Waals surface area contributed by atoms with Crippen LogP contribution in [0.1, 0.15) is 53.3 Å². The molecule has 1 heterocycles. The molecule has 30 heavy (non-hydrogen) atoms. The molecule has 2 amide bonds. The summed E-state index contributed by atoms with van der Waals surface area (Å²) in [4.78, 5) is 26.9. The molecular formula is C23H27N3O3S. The summed E-state index contributed by atoms with van der Waals surface area (Å²) in [6.07, 6.45) is 4.06. The molecule has 0 radical (unpaired) electrons. The van der Waals surface area contributed by atoms with Crippen molar-refractivity contribution in [3.05, 3.63) is 59.7 Å². The van der Waals surface area contributed by atoms with Crippen molar-refractivity contribution >= 4 is 34.8 Å². The Morgan fingerprint density at radius 3 is 2.47 bits per heavy atom. The number of ether oxygens (including phenoxy) is 1. The molecule has 1 aliphatic heterocycles. The summed E-state index contributed by atoms with van der Waals surface area (Å²) in [6, 6.07) is 14.2. The average molecular weight is 426 g/mol. The fraction of sp³-hybridized carbons (Fsp3) is 0.348. The van der Waals surface area contributed by atoms with Gasteiger partial charge in [-0.2, -0.15) is 0 Å². The number of hydrogen-bond acceptors (Lipinski definition) is 4. The van der Waals surface area contributed by atoms with Gasteiger partial charge in [0.2, 0.25) is 0 Å². The molecule has 6 nitrogen and oxygen atoms in total. The molecule has 7 heteroatoms. The van der Waals surface area contributed by atoms with Crippen molar-refractivity contribution in [2.75, 3.05) is 25.0 Å². The van der Waals surface area contributed by atoms with E-state index in [0.717, 1.165) is 38.8 Å². The Morgan fingerprint density at radius 1 is 1.07 bits per heavy atom. The van der Waals surface area contributed by atoms with Crippen LogP contribution in [0.3, 0.4) is 0 Å². The van der Waals surface area contributed by atoms with E-state index in [9.17, 15) is 9.59 Å². The van der Waals surface area contributed by atoms with Gasteiger partial charge in [0.05, 0.1) is 12.2 Å². The van der Waals surface area contributed by atoms with Crippen LogP contribution >= 0.6 is 12.2 Å². The van der Waals surface area contributed by atoms with Crippen molar-refractivity contribution in [2.24, 2.45) is 0 Å². The van der Waals surface area contributed by atoms with Crippen LogP contribution in [0.2, 0.25) is 0 Å². The largest absolute Gasteiger partial charge is 0.493 e. The van der Waals surface area contributed by atoms with Crippen molar-refractivity contribution in [1.82, 2.24) is 10.2 Å². The first kappa shape index (κ1) is 21.8. The van der Waals surface area contributed by atoms with Crippen LogP contribution in [0.15, 0.2) is 48.5 Å². The monoisotopic (exact) mass is 425 g/mol. The lowest BCUT2D eigenvalue weighted by Crippen LogP contribution is -2.34. The van der Waals surface area contributed by atoms with E-state index in [-0.39, 0.29) is 16.9 Å². The highest BCUT2D eigenvalue weighted by Crippen LogP contribution is 2.19. The zero-order chi connectivity index (χ0) is 21.3. The highest BCUT2D eigenvalue weighted by Gasteiger charge is 2.19.